The van der Waals surface area contributed by atoms with Crippen LogP contribution in [0.5, 0.6) is 11.5 Å². The number of nitrogens with zero attached hydrogens (tertiary/aromatic N) is 1. The number of hydrogen-bond acceptors (Lipinski definition) is 6. The Balaban J connectivity index is 1.34. The summed E-state index contributed by atoms with van der Waals surface area (Å²) in [6, 6.07) is 12.1. The zero-order valence-corrected chi connectivity index (χ0v) is 18.2. The third-order valence-electron chi connectivity index (χ3n) is 5.19. The Morgan fingerprint density at radius 3 is 2.68 bits per heavy atom. The van der Waals surface area contributed by atoms with Crippen molar-refractivity contribution in [1.82, 2.24) is 5.32 Å². The lowest BCUT2D eigenvalue weighted by atomic mass is 10.0. The highest BCUT2D eigenvalue weighted by Crippen LogP contribution is 2.33. The number of amides is 1. The highest BCUT2D eigenvalue weighted by molar-refractivity contribution is 7.90. The van der Waals surface area contributed by atoms with E-state index in [0.717, 1.165) is 5.56 Å². The van der Waals surface area contributed by atoms with Gasteiger partial charge in [0.1, 0.15) is 23.9 Å². The van der Waals surface area contributed by atoms with Crippen molar-refractivity contribution in [3.05, 3.63) is 48.0 Å². The molecular formula is C22H25N3O5S. The average molecular weight is 444 g/mol. The zero-order valence-electron chi connectivity index (χ0n) is 17.4. The topological polar surface area (TPSA) is 106 Å². The summed E-state index contributed by atoms with van der Waals surface area (Å²) in [5.74, 6) is 1.52. The largest absolute Gasteiger partial charge is 0.486 e. The molecule has 4 rings (SSSR count). The molecule has 8 nitrogen and oxygen atoms in total. The number of ether oxygens (including phenoxy) is 2. The second-order valence-electron chi connectivity index (χ2n) is 7.84. The molecule has 2 aromatic carbocycles. The summed E-state index contributed by atoms with van der Waals surface area (Å²) < 4.78 is 39.7. The summed E-state index contributed by atoms with van der Waals surface area (Å²) in [7, 11) is -3.73. The van der Waals surface area contributed by atoms with Gasteiger partial charge in [0, 0.05) is 12.8 Å². The van der Waals surface area contributed by atoms with Crippen LogP contribution < -0.4 is 20.1 Å². The van der Waals surface area contributed by atoms with E-state index in [9.17, 15) is 13.2 Å². The lowest BCUT2D eigenvalue weighted by Crippen LogP contribution is -2.29. The molecule has 0 bridgehead atoms. The van der Waals surface area contributed by atoms with Gasteiger partial charge in [-0.2, -0.15) is 8.42 Å². The van der Waals surface area contributed by atoms with E-state index < -0.39 is 10.0 Å². The number of amidine groups is 1. The number of para-hydroxylation sites is 1. The molecule has 2 aliphatic rings. The predicted octanol–water partition coefficient (Wildman–Crippen LogP) is 3.26. The molecule has 2 aliphatic heterocycles. The maximum Gasteiger partial charge on any atom is 0.286 e. The van der Waals surface area contributed by atoms with Crippen molar-refractivity contribution in [1.29, 1.82) is 0 Å². The number of carbonyl (C=O) groups is 1. The molecular weight excluding hydrogens is 418 g/mol. The first-order chi connectivity index (χ1) is 14.8. The molecule has 9 heteroatoms. The molecule has 0 fully saturated rings. The third kappa shape index (κ3) is 4.82. The fourth-order valence-electron chi connectivity index (χ4n) is 3.69. The Bertz CT molecular complexity index is 1130. The quantitative estimate of drug-likeness (QED) is 0.710. The van der Waals surface area contributed by atoms with Crippen LogP contribution in [0.3, 0.4) is 0 Å². The summed E-state index contributed by atoms with van der Waals surface area (Å²) in [4.78, 5) is 12.7. The summed E-state index contributed by atoms with van der Waals surface area (Å²) >= 11 is 0. The van der Waals surface area contributed by atoms with Gasteiger partial charge in [-0.1, -0.05) is 25.1 Å². The molecule has 0 spiro atoms. The first-order valence-electron chi connectivity index (χ1n) is 10.2. The lowest BCUT2D eigenvalue weighted by molar-refractivity contribution is -0.122. The summed E-state index contributed by atoms with van der Waals surface area (Å²) in [5, 5.41) is 6.05. The van der Waals surface area contributed by atoms with Crippen LogP contribution in [0, 0.1) is 5.92 Å². The van der Waals surface area contributed by atoms with Crippen molar-refractivity contribution in [3.63, 3.8) is 0 Å². The minimum absolute atomic E-state index is 0.0980. The van der Waals surface area contributed by atoms with Gasteiger partial charge in [-0.05, 0) is 42.7 Å². The van der Waals surface area contributed by atoms with E-state index in [2.05, 4.69) is 15.0 Å². The lowest BCUT2D eigenvalue weighted by Gasteiger charge is -2.22. The molecule has 2 aromatic rings. The van der Waals surface area contributed by atoms with Crippen molar-refractivity contribution in [3.8, 4) is 11.5 Å². The second kappa shape index (κ2) is 8.58. The summed E-state index contributed by atoms with van der Waals surface area (Å²) in [5.41, 5.74) is 1.43. The van der Waals surface area contributed by atoms with Crippen LogP contribution in [0.4, 0.5) is 5.69 Å². The van der Waals surface area contributed by atoms with E-state index in [1.165, 1.54) is 6.07 Å². The van der Waals surface area contributed by atoms with Gasteiger partial charge in [0.2, 0.25) is 5.91 Å². The first kappa shape index (κ1) is 21.2. The zero-order chi connectivity index (χ0) is 22.0. The Kier molecular flexibility index (Phi) is 5.86. The number of nitrogens with one attached hydrogen (secondary N) is 2. The SMILES string of the molecule is C[C@H](CC(=O)N[C@@H](C)c1ccc2c(c1)OCCO2)CC1=NS(=O)(=O)c2ccccc2N1. The number of fused-ring (bicyclic) bond motifs is 2. The van der Waals surface area contributed by atoms with Gasteiger partial charge < -0.3 is 20.1 Å². The van der Waals surface area contributed by atoms with Crippen molar-refractivity contribution in [2.24, 2.45) is 10.3 Å². The van der Waals surface area contributed by atoms with E-state index in [1.54, 1.807) is 18.2 Å². The second-order valence-corrected chi connectivity index (χ2v) is 9.41. The Hall–Kier alpha value is -3.07. The van der Waals surface area contributed by atoms with Crippen LogP contribution >= 0.6 is 0 Å². The summed E-state index contributed by atoms with van der Waals surface area (Å²) in [6.45, 7) is 4.84. The van der Waals surface area contributed by atoms with Crippen molar-refractivity contribution in [2.75, 3.05) is 18.5 Å². The van der Waals surface area contributed by atoms with E-state index in [0.29, 0.717) is 42.7 Å². The smallest absolute Gasteiger partial charge is 0.286 e. The molecule has 0 radical (unpaired) electrons. The van der Waals surface area contributed by atoms with Gasteiger partial charge in [0.05, 0.1) is 11.7 Å². The fraction of sp³-hybridized carbons (Fsp3) is 0.364. The van der Waals surface area contributed by atoms with Crippen LogP contribution in [0.1, 0.15) is 38.3 Å². The number of benzene rings is 2. The maximum absolute atomic E-state index is 12.5. The van der Waals surface area contributed by atoms with Crippen LogP contribution in [-0.4, -0.2) is 33.4 Å². The maximum atomic E-state index is 12.5. The van der Waals surface area contributed by atoms with Crippen LogP contribution in [0.15, 0.2) is 51.8 Å². The van der Waals surface area contributed by atoms with Gasteiger partial charge in [-0.3, -0.25) is 4.79 Å². The number of carbonyl (C=O) groups excluding carboxylic acids is 1. The third-order valence-corrected chi connectivity index (χ3v) is 6.57. The number of hydrogen-bond donors (Lipinski definition) is 2. The standard InChI is InChI=1S/C22H25N3O5S/c1-14(11-21-24-17-5-3-4-6-20(17)31(27,28)25-21)12-22(26)23-15(2)16-7-8-18-19(13-16)30-10-9-29-18/h3-8,13-15H,9-12H2,1-2H3,(H,23,26)(H,24,25)/t14-,15-/m0/s1. The highest BCUT2D eigenvalue weighted by Gasteiger charge is 2.25. The van der Waals surface area contributed by atoms with Gasteiger partial charge in [0.15, 0.2) is 11.5 Å². The first-order valence-corrected chi connectivity index (χ1v) is 11.6. The minimum atomic E-state index is -3.73. The van der Waals surface area contributed by atoms with Crippen LogP contribution in [0.2, 0.25) is 0 Å². The molecule has 0 unspecified atom stereocenters. The Morgan fingerprint density at radius 1 is 1.13 bits per heavy atom. The highest BCUT2D eigenvalue weighted by atomic mass is 32.2. The monoisotopic (exact) mass is 443 g/mol. The predicted molar refractivity (Wildman–Crippen MR) is 117 cm³/mol. The van der Waals surface area contributed by atoms with E-state index in [-0.39, 0.29) is 29.2 Å². The van der Waals surface area contributed by atoms with Crippen LogP contribution in [0.25, 0.3) is 0 Å². The van der Waals surface area contributed by atoms with Crippen molar-refractivity contribution in [2.45, 2.75) is 37.6 Å². The molecule has 164 valence electrons. The van der Waals surface area contributed by atoms with Gasteiger partial charge in [0.25, 0.3) is 10.0 Å². The molecule has 2 N–H and O–H groups in total. The average Bonchev–Trinajstić information content (AvgIpc) is 2.72. The Labute approximate surface area is 181 Å². The fourth-order valence-corrected chi connectivity index (χ4v) is 4.84. The van der Waals surface area contributed by atoms with Crippen molar-refractivity contribution < 1.29 is 22.7 Å². The van der Waals surface area contributed by atoms with E-state index >= 15 is 0 Å². The van der Waals surface area contributed by atoms with Gasteiger partial charge in [-0.15, -0.1) is 4.40 Å². The number of rotatable bonds is 6. The number of sulfonamides is 1. The molecule has 0 saturated carbocycles. The molecule has 0 saturated heterocycles. The number of anilines is 1. The minimum Gasteiger partial charge on any atom is -0.486 e. The van der Waals surface area contributed by atoms with E-state index in [1.807, 2.05) is 32.0 Å². The van der Waals surface area contributed by atoms with Gasteiger partial charge in [-0.25, -0.2) is 0 Å². The van der Waals surface area contributed by atoms with Crippen molar-refractivity contribution >= 4 is 27.5 Å². The van der Waals surface area contributed by atoms with Crippen LogP contribution in [-0.2, 0) is 14.8 Å². The normalized spacial score (nSPS) is 18.1. The van der Waals surface area contributed by atoms with E-state index in [4.69, 9.17) is 9.47 Å². The molecule has 31 heavy (non-hydrogen) atoms. The molecule has 2 heterocycles. The molecule has 0 aliphatic carbocycles. The molecule has 2 atom stereocenters. The molecule has 0 aromatic heterocycles. The summed E-state index contributed by atoms with van der Waals surface area (Å²) in [6.07, 6.45) is 0.594. The Morgan fingerprint density at radius 2 is 1.87 bits per heavy atom. The molecule has 1 amide bonds. The van der Waals surface area contributed by atoms with Gasteiger partial charge >= 0.3 is 0 Å².